The predicted molar refractivity (Wildman–Crippen MR) is 79.1 cm³/mol. The molecule has 1 aromatic carbocycles. The highest BCUT2D eigenvalue weighted by Crippen LogP contribution is 2.43. The van der Waals surface area contributed by atoms with Crippen molar-refractivity contribution in [2.45, 2.75) is 44.1 Å². The summed E-state index contributed by atoms with van der Waals surface area (Å²) in [6.45, 7) is 2.45. The molecule has 1 amide bonds. The molecular formula is C16H22N2O2. The predicted octanol–water partition coefficient (Wildman–Crippen LogP) is 2.20. The monoisotopic (exact) mass is 274 g/mol. The van der Waals surface area contributed by atoms with Gasteiger partial charge in [0.05, 0.1) is 5.69 Å². The van der Waals surface area contributed by atoms with Crippen molar-refractivity contribution in [3.63, 3.8) is 0 Å². The average molecular weight is 274 g/mol. The van der Waals surface area contributed by atoms with Crippen molar-refractivity contribution in [1.82, 2.24) is 0 Å². The van der Waals surface area contributed by atoms with E-state index in [0.717, 1.165) is 24.3 Å². The Balaban J connectivity index is 2.03. The van der Waals surface area contributed by atoms with E-state index in [1.165, 1.54) is 18.4 Å². The number of ether oxygens (including phenoxy) is 1. The zero-order chi connectivity index (χ0) is 14.3. The second-order valence-corrected chi connectivity index (χ2v) is 6.03. The van der Waals surface area contributed by atoms with E-state index >= 15 is 0 Å². The van der Waals surface area contributed by atoms with Crippen LogP contribution in [0.3, 0.4) is 0 Å². The van der Waals surface area contributed by atoms with Crippen LogP contribution in [0.5, 0.6) is 5.75 Å². The van der Waals surface area contributed by atoms with E-state index in [1.54, 1.807) is 11.8 Å². The fourth-order valence-electron chi connectivity index (χ4n) is 3.50. The molecule has 1 aliphatic carbocycles. The molecule has 108 valence electrons. The maximum atomic E-state index is 12.0. The number of benzene rings is 1. The number of nitrogens with two attached hydrogens (primary N) is 1. The number of nitrogens with zero attached hydrogens (tertiary/aromatic N) is 1. The third-order valence-electron chi connectivity index (χ3n) is 4.87. The van der Waals surface area contributed by atoms with Crippen LogP contribution >= 0.6 is 0 Å². The molecule has 1 unspecified atom stereocenters. The van der Waals surface area contributed by atoms with Crippen LogP contribution in [0.25, 0.3) is 0 Å². The summed E-state index contributed by atoms with van der Waals surface area (Å²) in [6.07, 6.45) is 4.33. The number of hydrogen-bond donors (Lipinski definition) is 1. The van der Waals surface area contributed by atoms with E-state index in [-0.39, 0.29) is 11.3 Å². The van der Waals surface area contributed by atoms with Crippen molar-refractivity contribution >= 4 is 11.6 Å². The summed E-state index contributed by atoms with van der Waals surface area (Å²) in [5, 5.41) is 0. The Bertz CT molecular complexity index is 535. The molecule has 1 fully saturated rings. The van der Waals surface area contributed by atoms with Crippen LogP contribution in [-0.2, 0) is 10.2 Å². The molecule has 4 heteroatoms. The molecule has 1 atom stereocenters. The SMILES string of the molecule is CC1Oc2ccc(C3(CN)CCCC3)cc2N(C)C1=O. The molecule has 1 heterocycles. The molecule has 2 N–H and O–H groups in total. The van der Waals surface area contributed by atoms with Gasteiger partial charge >= 0.3 is 0 Å². The topological polar surface area (TPSA) is 55.6 Å². The van der Waals surface area contributed by atoms with Crippen molar-refractivity contribution in [2.24, 2.45) is 5.73 Å². The van der Waals surface area contributed by atoms with Crippen LogP contribution in [0.1, 0.15) is 38.2 Å². The number of likely N-dealkylation sites (N-methyl/N-ethyl adjacent to an activating group) is 1. The standard InChI is InChI=1S/C16H22N2O2/c1-11-15(19)18(2)13-9-12(5-6-14(13)20-11)16(10-17)7-3-4-8-16/h5-6,9,11H,3-4,7-8,10,17H2,1-2H3. The molecule has 0 saturated heterocycles. The van der Waals surface area contributed by atoms with Crippen molar-refractivity contribution in [3.05, 3.63) is 23.8 Å². The van der Waals surface area contributed by atoms with Crippen LogP contribution in [0, 0.1) is 0 Å². The van der Waals surface area contributed by atoms with Gasteiger partial charge in [-0.15, -0.1) is 0 Å². The second-order valence-electron chi connectivity index (χ2n) is 6.03. The zero-order valence-electron chi connectivity index (χ0n) is 12.2. The summed E-state index contributed by atoms with van der Waals surface area (Å²) in [5.41, 5.74) is 8.24. The third-order valence-corrected chi connectivity index (χ3v) is 4.87. The Labute approximate surface area is 119 Å². The Kier molecular flexibility index (Phi) is 3.21. The summed E-state index contributed by atoms with van der Waals surface area (Å²) >= 11 is 0. The second kappa shape index (κ2) is 4.77. The number of fused-ring (bicyclic) bond motifs is 1. The molecule has 0 spiro atoms. The molecule has 1 aliphatic heterocycles. The fourth-order valence-corrected chi connectivity index (χ4v) is 3.50. The maximum Gasteiger partial charge on any atom is 0.267 e. The molecule has 4 nitrogen and oxygen atoms in total. The van der Waals surface area contributed by atoms with Crippen molar-refractivity contribution in [3.8, 4) is 5.75 Å². The lowest BCUT2D eigenvalue weighted by Crippen LogP contribution is -2.42. The van der Waals surface area contributed by atoms with E-state index in [1.807, 2.05) is 13.1 Å². The molecule has 20 heavy (non-hydrogen) atoms. The van der Waals surface area contributed by atoms with Crippen LogP contribution < -0.4 is 15.4 Å². The van der Waals surface area contributed by atoms with Gasteiger partial charge in [-0.1, -0.05) is 18.9 Å². The van der Waals surface area contributed by atoms with Gasteiger partial charge in [0.1, 0.15) is 5.75 Å². The molecule has 1 aromatic rings. The van der Waals surface area contributed by atoms with Gasteiger partial charge in [-0.05, 0) is 37.5 Å². The number of anilines is 1. The normalized spacial score (nSPS) is 24.4. The minimum Gasteiger partial charge on any atom is -0.479 e. The number of carbonyl (C=O) groups excluding carboxylic acids is 1. The van der Waals surface area contributed by atoms with E-state index in [2.05, 4.69) is 12.1 Å². The highest BCUT2D eigenvalue weighted by molar-refractivity contribution is 5.99. The van der Waals surface area contributed by atoms with Gasteiger partial charge in [0.2, 0.25) is 0 Å². The molecule has 1 saturated carbocycles. The molecule has 3 rings (SSSR count). The number of rotatable bonds is 2. The Morgan fingerprint density at radius 2 is 2.10 bits per heavy atom. The number of carbonyl (C=O) groups is 1. The average Bonchev–Trinajstić information content (AvgIpc) is 2.95. The van der Waals surface area contributed by atoms with E-state index in [9.17, 15) is 4.79 Å². The Hall–Kier alpha value is -1.55. The van der Waals surface area contributed by atoms with Crippen LogP contribution in [0.2, 0.25) is 0 Å². The van der Waals surface area contributed by atoms with Crippen molar-refractivity contribution in [1.29, 1.82) is 0 Å². The Morgan fingerprint density at radius 1 is 1.40 bits per heavy atom. The van der Waals surface area contributed by atoms with Gasteiger partial charge in [0.15, 0.2) is 6.10 Å². The lowest BCUT2D eigenvalue weighted by molar-refractivity contribution is -0.125. The zero-order valence-corrected chi connectivity index (χ0v) is 12.2. The summed E-state index contributed by atoms with van der Waals surface area (Å²) in [5.74, 6) is 0.788. The molecular weight excluding hydrogens is 252 g/mol. The summed E-state index contributed by atoms with van der Waals surface area (Å²) in [6, 6.07) is 6.20. The first-order chi connectivity index (χ1) is 9.57. The van der Waals surface area contributed by atoms with E-state index < -0.39 is 6.10 Å². The highest BCUT2D eigenvalue weighted by atomic mass is 16.5. The van der Waals surface area contributed by atoms with Crippen molar-refractivity contribution in [2.75, 3.05) is 18.5 Å². The minimum absolute atomic E-state index is 0.00266. The third kappa shape index (κ3) is 1.90. The molecule has 2 aliphatic rings. The van der Waals surface area contributed by atoms with Gasteiger partial charge in [0.25, 0.3) is 5.91 Å². The number of hydrogen-bond acceptors (Lipinski definition) is 3. The van der Waals surface area contributed by atoms with Crippen LogP contribution in [0.15, 0.2) is 18.2 Å². The minimum atomic E-state index is -0.409. The summed E-state index contributed by atoms with van der Waals surface area (Å²) in [4.78, 5) is 13.7. The smallest absolute Gasteiger partial charge is 0.267 e. The van der Waals surface area contributed by atoms with Crippen molar-refractivity contribution < 1.29 is 9.53 Å². The van der Waals surface area contributed by atoms with Gasteiger partial charge in [0, 0.05) is 19.0 Å². The molecule has 0 radical (unpaired) electrons. The van der Waals surface area contributed by atoms with E-state index in [4.69, 9.17) is 10.5 Å². The largest absolute Gasteiger partial charge is 0.479 e. The lowest BCUT2D eigenvalue weighted by Gasteiger charge is -2.33. The molecule has 0 aromatic heterocycles. The Morgan fingerprint density at radius 3 is 2.75 bits per heavy atom. The maximum absolute atomic E-state index is 12.0. The van der Waals surface area contributed by atoms with Gasteiger partial charge in [-0.2, -0.15) is 0 Å². The number of amides is 1. The van der Waals surface area contributed by atoms with Crippen LogP contribution in [-0.4, -0.2) is 25.6 Å². The first-order valence-corrected chi connectivity index (χ1v) is 7.36. The van der Waals surface area contributed by atoms with Gasteiger partial charge < -0.3 is 15.4 Å². The van der Waals surface area contributed by atoms with Gasteiger partial charge in [-0.3, -0.25) is 4.79 Å². The molecule has 0 bridgehead atoms. The van der Waals surface area contributed by atoms with Crippen LogP contribution in [0.4, 0.5) is 5.69 Å². The fraction of sp³-hybridized carbons (Fsp3) is 0.562. The quantitative estimate of drug-likeness (QED) is 0.899. The first-order valence-electron chi connectivity index (χ1n) is 7.36. The first kappa shape index (κ1) is 13.4. The lowest BCUT2D eigenvalue weighted by atomic mass is 9.78. The summed E-state index contributed by atoms with van der Waals surface area (Å²) in [7, 11) is 1.81. The summed E-state index contributed by atoms with van der Waals surface area (Å²) < 4.78 is 5.68. The van der Waals surface area contributed by atoms with Gasteiger partial charge in [-0.25, -0.2) is 0 Å². The van der Waals surface area contributed by atoms with E-state index in [0.29, 0.717) is 6.54 Å². The highest BCUT2D eigenvalue weighted by Gasteiger charge is 2.36.